The summed E-state index contributed by atoms with van der Waals surface area (Å²) in [5, 5.41) is 4.08. The molecule has 3 heteroatoms. The average Bonchev–Trinajstić information content (AvgIpc) is 2.69. The van der Waals surface area contributed by atoms with Crippen LogP contribution in [0.2, 0.25) is 0 Å². The van der Waals surface area contributed by atoms with E-state index in [2.05, 4.69) is 10.1 Å². The first kappa shape index (κ1) is 10.4. The van der Waals surface area contributed by atoms with E-state index in [1.807, 2.05) is 51.6 Å². The lowest BCUT2D eigenvalue weighted by Gasteiger charge is -1.92. The molecule has 2 heterocycles. The van der Waals surface area contributed by atoms with Crippen molar-refractivity contribution in [1.29, 1.82) is 0 Å². The number of rotatable bonds is 1. The van der Waals surface area contributed by atoms with Gasteiger partial charge in [-0.3, -0.25) is 9.67 Å². The van der Waals surface area contributed by atoms with Gasteiger partial charge in [0.25, 0.3) is 0 Å². The zero-order valence-electron chi connectivity index (χ0n) is 8.81. The second-order valence-corrected chi connectivity index (χ2v) is 2.64. The van der Waals surface area contributed by atoms with E-state index in [-0.39, 0.29) is 0 Å². The maximum atomic E-state index is 4.08. The van der Waals surface area contributed by atoms with Gasteiger partial charge in [-0.2, -0.15) is 5.10 Å². The zero-order valence-corrected chi connectivity index (χ0v) is 8.81. The molecule has 3 nitrogen and oxygen atoms in total. The fraction of sp³-hybridized carbons (Fsp3) is 0.273. The van der Waals surface area contributed by atoms with Crippen LogP contribution in [-0.4, -0.2) is 14.8 Å². The van der Waals surface area contributed by atoms with E-state index in [1.54, 1.807) is 10.9 Å². The minimum absolute atomic E-state index is 1.10. The summed E-state index contributed by atoms with van der Waals surface area (Å²) in [6, 6.07) is 3.94. The third-order valence-corrected chi connectivity index (χ3v) is 1.70. The number of hydrogen-bond acceptors (Lipinski definition) is 2. The molecule has 0 fully saturated rings. The Labute approximate surface area is 84.4 Å². The van der Waals surface area contributed by atoms with Crippen LogP contribution in [0.5, 0.6) is 0 Å². The molecule has 0 aliphatic heterocycles. The van der Waals surface area contributed by atoms with Gasteiger partial charge in [0, 0.05) is 36.8 Å². The van der Waals surface area contributed by atoms with Crippen LogP contribution in [0.15, 0.2) is 36.9 Å². The van der Waals surface area contributed by atoms with Crippen molar-refractivity contribution >= 4 is 0 Å². The Morgan fingerprint density at radius 1 is 1.14 bits per heavy atom. The molecule has 0 saturated heterocycles. The van der Waals surface area contributed by atoms with Crippen molar-refractivity contribution in [3.63, 3.8) is 0 Å². The molecule has 0 atom stereocenters. The molecule has 2 rings (SSSR count). The van der Waals surface area contributed by atoms with E-state index in [0.717, 1.165) is 11.1 Å². The molecule has 0 saturated carbocycles. The van der Waals surface area contributed by atoms with Gasteiger partial charge in [-0.1, -0.05) is 19.9 Å². The highest BCUT2D eigenvalue weighted by Crippen LogP contribution is 2.15. The van der Waals surface area contributed by atoms with Gasteiger partial charge in [-0.15, -0.1) is 0 Å². The van der Waals surface area contributed by atoms with Gasteiger partial charge in [0.2, 0.25) is 0 Å². The lowest BCUT2D eigenvalue weighted by atomic mass is 10.2. The Bertz CT molecular complexity index is 365. The topological polar surface area (TPSA) is 30.7 Å². The van der Waals surface area contributed by atoms with E-state index in [0.29, 0.717) is 0 Å². The molecule has 0 bridgehead atoms. The summed E-state index contributed by atoms with van der Waals surface area (Å²) < 4.78 is 1.78. The number of aryl methyl sites for hydroxylation is 1. The minimum atomic E-state index is 1.10. The lowest BCUT2D eigenvalue weighted by molar-refractivity contribution is 0.768. The summed E-state index contributed by atoms with van der Waals surface area (Å²) in [5.74, 6) is 0. The quantitative estimate of drug-likeness (QED) is 0.690. The monoisotopic (exact) mass is 189 g/mol. The number of nitrogens with zero attached hydrogens (tertiary/aromatic N) is 3. The van der Waals surface area contributed by atoms with Crippen LogP contribution in [0.3, 0.4) is 0 Å². The van der Waals surface area contributed by atoms with Crippen molar-refractivity contribution in [3.8, 4) is 11.1 Å². The summed E-state index contributed by atoms with van der Waals surface area (Å²) >= 11 is 0. The average molecular weight is 189 g/mol. The Morgan fingerprint density at radius 3 is 2.43 bits per heavy atom. The molecule has 0 unspecified atom stereocenters. The highest BCUT2D eigenvalue weighted by atomic mass is 15.2. The van der Waals surface area contributed by atoms with Crippen molar-refractivity contribution in [2.24, 2.45) is 7.05 Å². The second-order valence-electron chi connectivity index (χ2n) is 2.64. The van der Waals surface area contributed by atoms with Gasteiger partial charge in [-0.05, 0) is 6.07 Å². The molecule has 2 aromatic rings. The highest BCUT2D eigenvalue weighted by molar-refractivity contribution is 5.59. The fourth-order valence-corrected chi connectivity index (χ4v) is 1.10. The Hall–Kier alpha value is -1.64. The van der Waals surface area contributed by atoms with Crippen molar-refractivity contribution in [2.45, 2.75) is 13.8 Å². The van der Waals surface area contributed by atoms with Crippen molar-refractivity contribution in [2.75, 3.05) is 0 Å². The van der Waals surface area contributed by atoms with Crippen LogP contribution in [0.25, 0.3) is 11.1 Å². The molecule has 0 aliphatic carbocycles. The third kappa shape index (κ3) is 2.42. The predicted octanol–water partition coefficient (Wildman–Crippen LogP) is 2.51. The molecule has 0 amide bonds. The first-order valence-electron chi connectivity index (χ1n) is 4.75. The van der Waals surface area contributed by atoms with Gasteiger partial charge < -0.3 is 0 Å². The number of aromatic nitrogens is 3. The molecule has 74 valence electrons. The van der Waals surface area contributed by atoms with E-state index in [1.165, 1.54) is 0 Å². The van der Waals surface area contributed by atoms with Crippen LogP contribution in [-0.2, 0) is 7.05 Å². The highest BCUT2D eigenvalue weighted by Gasteiger charge is 1.97. The third-order valence-electron chi connectivity index (χ3n) is 1.70. The Balaban J connectivity index is 0.000000461. The molecular formula is C11H15N3. The van der Waals surface area contributed by atoms with E-state index < -0.39 is 0 Å². The van der Waals surface area contributed by atoms with Crippen molar-refractivity contribution < 1.29 is 0 Å². The van der Waals surface area contributed by atoms with Crippen LogP contribution in [0.1, 0.15) is 13.8 Å². The maximum absolute atomic E-state index is 4.08. The summed E-state index contributed by atoms with van der Waals surface area (Å²) in [7, 11) is 1.90. The second kappa shape index (κ2) is 5.17. The largest absolute Gasteiger partial charge is 0.275 e. The first-order valence-corrected chi connectivity index (χ1v) is 4.75. The Morgan fingerprint density at radius 2 is 1.93 bits per heavy atom. The number of pyridine rings is 1. The SMILES string of the molecule is CC.Cn1cc(-c2cccnc2)cn1. The maximum Gasteiger partial charge on any atom is 0.0568 e. The summed E-state index contributed by atoms with van der Waals surface area (Å²) in [6.07, 6.45) is 7.39. The van der Waals surface area contributed by atoms with E-state index in [9.17, 15) is 0 Å². The van der Waals surface area contributed by atoms with Gasteiger partial charge >= 0.3 is 0 Å². The standard InChI is InChI=1S/C9H9N3.C2H6/c1-12-7-9(6-11-12)8-3-2-4-10-5-8;1-2/h2-7H,1H3;1-2H3. The smallest absolute Gasteiger partial charge is 0.0568 e. The molecule has 0 N–H and O–H groups in total. The number of hydrogen-bond donors (Lipinski definition) is 0. The van der Waals surface area contributed by atoms with Crippen molar-refractivity contribution in [3.05, 3.63) is 36.9 Å². The molecule has 0 aliphatic rings. The van der Waals surface area contributed by atoms with Crippen LogP contribution in [0.4, 0.5) is 0 Å². The summed E-state index contributed by atoms with van der Waals surface area (Å²) in [5.41, 5.74) is 2.20. The van der Waals surface area contributed by atoms with E-state index >= 15 is 0 Å². The minimum Gasteiger partial charge on any atom is -0.275 e. The fourth-order valence-electron chi connectivity index (χ4n) is 1.10. The summed E-state index contributed by atoms with van der Waals surface area (Å²) in [6.45, 7) is 4.00. The first-order chi connectivity index (χ1) is 6.86. The van der Waals surface area contributed by atoms with Gasteiger partial charge in [0.1, 0.15) is 0 Å². The lowest BCUT2D eigenvalue weighted by Crippen LogP contribution is -1.84. The van der Waals surface area contributed by atoms with Crippen molar-refractivity contribution in [1.82, 2.24) is 14.8 Å². The van der Waals surface area contributed by atoms with Gasteiger partial charge in [0.15, 0.2) is 0 Å². The molecule has 14 heavy (non-hydrogen) atoms. The molecule has 2 aromatic heterocycles. The molecule has 0 radical (unpaired) electrons. The van der Waals surface area contributed by atoms with Gasteiger partial charge in [0.05, 0.1) is 6.20 Å². The van der Waals surface area contributed by atoms with Gasteiger partial charge in [-0.25, -0.2) is 0 Å². The molecule has 0 spiro atoms. The zero-order chi connectivity index (χ0) is 10.4. The predicted molar refractivity (Wildman–Crippen MR) is 57.8 cm³/mol. The molecule has 0 aromatic carbocycles. The van der Waals surface area contributed by atoms with Crippen LogP contribution >= 0.6 is 0 Å². The normalized spacial score (nSPS) is 9.07. The summed E-state index contributed by atoms with van der Waals surface area (Å²) in [4.78, 5) is 4.03. The van der Waals surface area contributed by atoms with E-state index in [4.69, 9.17) is 0 Å². The van der Waals surface area contributed by atoms with Crippen LogP contribution < -0.4 is 0 Å². The van der Waals surface area contributed by atoms with Crippen LogP contribution in [0, 0.1) is 0 Å². The molecular weight excluding hydrogens is 174 g/mol. The Kier molecular flexibility index (Phi) is 3.85.